The van der Waals surface area contributed by atoms with Crippen LogP contribution in [0.4, 0.5) is 0 Å². The summed E-state index contributed by atoms with van der Waals surface area (Å²) in [6, 6.07) is 9.07. The first-order valence-corrected chi connectivity index (χ1v) is 12.7. The Morgan fingerprint density at radius 2 is 1.78 bits per heavy atom. The number of ether oxygens (including phenoxy) is 2. The lowest BCUT2D eigenvalue weighted by molar-refractivity contribution is -0.140. The van der Waals surface area contributed by atoms with Gasteiger partial charge in [-0.15, -0.1) is 0 Å². The molecule has 8 nitrogen and oxygen atoms in total. The molecule has 2 aromatic rings. The number of hydrogen-bond donors (Lipinski definition) is 2. The van der Waals surface area contributed by atoms with E-state index in [4.69, 9.17) is 9.47 Å². The fraction of sp³-hybridized carbons (Fsp3) is 0.448. The van der Waals surface area contributed by atoms with E-state index in [0.717, 1.165) is 18.7 Å². The molecule has 1 heterocycles. The fourth-order valence-electron chi connectivity index (χ4n) is 4.48. The molecule has 1 saturated heterocycles. The lowest BCUT2D eigenvalue weighted by Gasteiger charge is -2.28. The highest BCUT2D eigenvalue weighted by molar-refractivity contribution is 6.46. The summed E-state index contributed by atoms with van der Waals surface area (Å²) in [5.74, 6) is -0.439. The van der Waals surface area contributed by atoms with Gasteiger partial charge >= 0.3 is 0 Å². The number of aromatic hydroxyl groups is 1. The van der Waals surface area contributed by atoms with Crippen LogP contribution in [0.25, 0.3) is 5.76 Å². The molecule has 0 saturated carbocycles. The summed E-state index contributed by atoms with van der Waals surface area (Å²) >= 11 is 0. The Balaban J connectivity index is 2.10. The molecule has 0 radical (unpaired) electrons. The topological polar surface area (TPSA) is 99.5 Å². The number of likely N-dealkylation sites (tertiary alicyclic amines) is 1. The van der Waals surface area contributed by atoms with Crippen LogP contribution in [0.3, 0.4) is 0 Å². The summed E-state index contributed by atoms with van der Waals surface area (Å²) in [7, 11) is 1.43. The third kappa shape index (κ3) is 6.07. The Labute approximate surface area is 219 Å². The molecule has 1 atom stereocenters. The molecule has 0 aliphatic carbocycles. The van der Waals surface area contributed by atoms with Crippen molar-refractivity contribution in [3.05, 3.63) is 58.7 Å². The Morgan fingerprint density at radius 3 is 2.38 bits per heavy atom. The maximum atomic E-state index is 13.3. The van der Waals surface area contributed by atoms with Gasteiger partial charge in [0.05, 0.1) is 25.3 Å². The van der Waals surface area contributed by atoms with Gasteiger partial charge in [0.1, 0.15) is 11.5 Å². The number of aryl methyl sites for hydroxylation is 1. The van der Waals surface area contributed by atoms with Crippen molar-refractivity contribution in [1.29, 1.82) is 0 Å². The number of methoxy groups -OCH3 is 1. The highest BCUT2D eigenvalue weighted by atomic mass is 16.5. The number of carbonyl (C=O) groups excluding carboxylic acids is 2. The van der Waals surface area contributed by atoms with Crippen molar-refractivity contribution < 1.29 is 29.3 Å². The molecule has 1 fully saturated rings. The highest BCUT2D eigenvalue weighted by Gasteiger charge is 2.46. The molecule has 0 spiro atoms. The minimum Gasteiger partial charge on any atom is -0.507 e. The first-order valence-electron chi connectivity index (χ1n) is 12.7. The second kappa shape index (κ2) is 12.1. The largest absolute Gasteiger partial charge is 0.507 e. The summed E-state index contributed by atoms with van der Waals surface area (Å²) in [5, 5.41) is 21.5. The number of nitrogens with zero attached hydrogens (tertiary/aromatic N) is 2. The van der Waals surface area contributed by atoms with Crippen LogP contribution in [0.15, 0.2) is 42.0 Å². The third-order valence-corrected chi connectivity index (χ3v) is 6.63. The molecule has 1 aliphatic rings. The Morgan fingerprint density at radius 1 is 1.08 bits per heavy atom. The van der Waals surface area contributed by atoms with Gasteiger partial charge in [0, 0.05) is 18.7 Å². The zero-order valence-electron chi connectivity index (χ0n) is 22.6. The lowest BCUT2D eigenvalue weighted by Crippen LogP contribution is -2.38. The fourth-order valence-corrected chi connectivity index (χ4v) is 4.48. The minimum absolute atomic E-state index is 0.00698. The van der Waals surface area contributed by atoms with E-state index >= 15 is 0 Å². The smallest absolute Gasteiger partial charge is 0.295 e. The van der Waals surface area contributed by atoms with Crippen LogP contribution in [0.5, 0.6) is 17.2 Å². The normalized spacial score (nSPS) is 17.2. The molecule has 2 aromatic carbocycles. The average Bonchev–Trinajstić information content (AvgIpc) is 3.13. The first kappa shape index (κ1) is 28.1. The maximum Gasteiger partial charge on any atom is 0.295 e. The van der Waals surface area contributed by atoms with E-state index in [1.807, 2.05) is 20.8 Å². The molecular formula is C29H38N2O6. The number of phenolic OH excluding ortho intramolecular Hbond substituents is 1. The van der Waals surface area contributed by atoms with E-state index in [-0.39, 0.29) is 22.8 Å². The number of likely N-dealkylation sites (N-methyl/N-ethyl adjacent to an activating group) is 1. The standard InChI is InChI=1S/C29H38N2O6/c1-7-30(8-2)13-14-31-26(20-9-11-22(32)24(16-20)36-6)25(28(34)29(31)35)27(33)21-10-12-23(19(5)15-21)37-17-18(3)4/h9-12,15-16,18,26,32-33H,7-8,13-14,17H2,1-6H3/b27-25+/t26-/m1/s1. The third-order valence-electron chi connectivity index (χ3n) is 6.63. The van der Waals surface area contributed by atoms with Gasteiger partial charge < -0.3 is 29.5 Å². The minimum atomic E-state index is -0.831. The molecule has 0 unspecified atom stereocenters. The summed E-state index contributed by atoms with van der Waals surface area (Å²) in [6.07, 6.45) is 0. The number of benzene rings is 2. The number of ketones is 1. The molecule has 200 valence electrons. The number of aliphatic hydroxyl groups excluding tert-OH is 1. The molecule has 1 aliphatic heterocycles. The first-order chi connectivity index (χ1) is 17.6. The zero-order chi connectivity index (χ0) is 27.3. The van der Waals surface area contributed by atoms with Gasteiger partial charge in [0.2, 0.25) is 0 Å². The molecule has 8 heteroatoms. The van der Waals surface area contributed by atoms with Crippen LogP contribution in [0.1, 0.15) is 50.4 Å². The van der Waals surface area contributed by atoms with Crippen molar-refractivity contribution in [2.75, 3.05) is 39.9 Å². The van der Waals surface area contributed by atoms with Gasteiger partial charge in [0.25, 0.3) is 11.7 Å². The SMILES string of the molecule is CCN(CC)CCN1C(=O)C(=O)/C(=C(/O)c2ccc(OCC(C)C)c(C)c2)[C@H]1c1ccc(O)c(OC)c1. The second-order valence-corrected chi connectivity index (χ2v) is 9.64. The van der Waals surface area contributed by atoms with Gasteiger partial charge in [-0.1, -0.05) is 33.8 Å². The van der Waals surface area contributed by atoms with Gasteiger partial charge in [-0.3, -0.25) is 9.59 Å². The van der Waals surface area contributed by atoms with Crippen LogP contribution in [0.2, 0.25) is 0 Å². The quantitative estimate of drug-likeness (QED) is 0.261. The number of phenols is 1. The number of rotatable bonds is 11. The number of carbonyl (C=O) groups is 2. The highest BCUT2D eigenvalue weighted by Crippen LogP contribution is 2.42. The number of amides is 1. The van der Waals surface area contributed by atoms with Crippen molar-refractivity contribution in [3.63, 3.8) is 0 Å². The summed E-state index contributed by atoms with van der Waals surface area (Å²) < 4.78 is 11.1. The van der Waals surface area contributed by atoms with Crippen LogP contribution in [-0.2, 0) is 9.59 Å². The van der Waals surface area contributed by atoms with E-state index in [0.29, 0.717) is 42.5 Å². The van der Waals surface area contributed by atoms with E-state index in [1.54, 1.807) is 30.3 Å². The summed E-state index contributed by atoms with van der Waals surface area (Å²) in [5.41, 5.74) is 1.80. The van der Waals surface area contributed by atoms with Gasteiger partial charge in [-0.25, -0.2) is 0 Å². The van der Waals surface area contributed by atoms with Gasteiger partial charge in [-0.2, -0.15) is 0 Å². The Hall–Kier alpha value is -3.52. The molecule has 37 heavy (non-hydrogen) atoms. The monoisotopic (exact) mass is 510 g/mol. The molecule has 1 amide bonds. The Bertz CT molecular complexity index is 1170. The Kier molecular flexibility index (Phi) is 9.21. The maximum absolute atomic E-state index is 13.3. The number of hydrogen-bond acceptors (Lipinski definition) is 7. The van der Waals surface area contributed by atoms with Crippen molar-refractivity contribution in [2.24, 2.45) is 5.92 Å². The average molecular weight is 511 g/mol. The van der Waals surface area contributed by atoms with Crippen molar-refractivity contribution in [2.45, 2.75) is 40.7 Å². The van der Waals surface area contributed by atoms with E-state index in [9.17, 15) is 19.8 Å². The lowest BCUT2D eigenvalue weighted by atomic mass is 9.94. The van der Waals surface area contributed by atoms with E-state index < -0.39 is 17.7 Å². The molecule has 3 rings (SSSR count). The van der Waals surface area contributed by atoms with Crippen LogP contribution >= 0.6 is 0 Å². The van der Waals surface area contributed by atoms with Crippen molar-refractivity contribution >= 4 is 17.4 Å². The van der Waals surface area contributed by atoms with Crippen molar-refractivity contribution in [3.8, 4) is 17.2 Å². The van der Waals surface area contributed by atoms with Crippen LogP contribution < -0.4 is 9.47 Å². The number of aliphatic hydroxyl groups is 1. The second-order valence-electron chi connectivity index (χ2n) is 9.64. The van der Waals surface area contributed by atoms with Crippen LogP contribution in [-0.4, -0.2) is 71.6 Å². The van der Waals surface area contributed by atoms with Gasteiger partial charge in [-0.05, 0) is 67.4 Å². The predicted molar refractivity (Wildman–Crippen MR) is 143 cm³/mol. The van der Waals surface area contributed by atoms with Crippen molar-refractivity contribution in [1.82, 2.24) is 9.80 Å². The van der Waals surface area contributed by atoms with Crippen LogP contribution in [0, 0.1) is 12.8 Å². The molecule has 2 N–H and O–H groups in total. The predicted octanol–water partition coefficient (Wildman–Crippen LogP) is 4.51. The molecule has 0 aromatic heterocycles. The van der Waals surface area contributed by atoms with E-state index in [1.165, 1.54) is 18.1 Å². The summed E-state index contributed by atoms with van der Waals surface area (Å²) in [6.45, 7) is 13.1. The number of Topliss-reactive ketones (excluding diaryl/α,β-unsaturated/α-hetero) is 1. The van der Waals surface area contributed by atoms with E-state index in [2.05, 4.69) is 18.7 Å². The molecular weight excluding hydrogens is 472 g/mol. The van der Waals surface area contributed by atoms with Gasteiger partial charge in [0.15, 0.2) is 11.5 Å². The summed E-state index contributed by atoms with van der Waals surface area (Å²) in [4.78, 5) is 30.2. The zero-order valence-corrected chi connectivity index (χ0v) is 22.6. The molecule has 0 bridgehead atoms.